The maximum atomic E-state index is 12.1. The molecule has 2 atom stereocenters. The molecule has 0 aromatic heterocycles. The molecule has 0 aliphatic heterocycles. The Labute approximate surface area is 216 Å². The third-order valence-electron chi connectivity index (χ3n) is 4.07. The van der Waals surface area contributed by atoms with Crippen molar-refractivity contribution in [2.75, 3.05) is 41.3 Å². The van der Waals surface area contributed by atoms with E-state index in [1.807, 2.05) is 28.2 Å². The molecule has 144 valence electrons. The molecule has 0 saturated heterocycles. The number of nitrogens with zero attached hydrogens (tertiary/aromatic N) is 2. The molecule has 0 bridgehead atoms. The number of carbonyl (C=O) groups excluding carboxylic acids is 1. The van der Waals surface area contributed by atoms with E-state index in [0.717, 1.165) is 25.9 Å². The Bertz CT molecular complexity index is 522. The Kier molecular flexibility index (Phi) is 13.9. The first-order chi connectivity index (χ1) is 11.6. The van der Waals surface area contributed by atoms with Gasteiger partial charge in [0.15, 0.2) is 0 Å². The molecule has 1 aliphatic carbocycles. The van der Waals surface area contributed by atoms with Crippen LogP contribution in [0.15, 0.2) is 12.1 Å². The SMILES string of the molecule is CN(C)CC1CCCC(CN(C)C)C1=O.Oc1cc(Cl)c(Cl)cc1Cl.[H-].[K+]. The van der Waals surface area contributed by atoms with Crippen LogP contribution >= 0.6 is 34.8 Å². The number of carbonyl (C=O) groups is 1. The molecule has 0 amide bonds. The predicted molar refractivity (Wildman–Crippen MR) is 107 cm³/mol. The van der Waals surface area contributed by atoms with Crippen LogP contribution in [0.5, 0.6) is 5.75 Å². The van der Waals surface area contributed by atoms with Crippen molar-refractivity contribution < 1.29 is 62.7 Å². The van der Waals surface area contributed by atoms with Crippen molar-refractivity contribution in [1.82, 2.24) is 9.80 Å². The average Bonchev–Trinajstić information content (AvgIpc) is 2.49. The van der Waals surface area contributed by atoms with Gasteiger partial charge >= 0.3 is 51.4 Å². The summed E-state index contributed by atoms with van der Waals surface area (Å²) in [6, 6.07) is 2.69. The van der Waals surface area contributed by atoms with Gasteiger partial charge in [-0.15, -0.1) is 0 Å². The Morgan fingerprint density at radius 3 is 1.77 bits per heavy atom. The number of ketones is 1. The van der Waals surface area contributed by atoms with Crippen LogP contribution < -0.4 is 51.4 Å². The second-order valence-corrected chi connectivity index (χ2v) is 8.19. The molecule has 8 heteroatoms. The molecule has 1 aromatic rings. The summed E-state index contributed by atoms with van der Waals surface area (Å²) in [5.74, 6) is 0.983. The molecule has 1 aromatic carbocycles. The standard InChI is InChI=1S/C12H24N2O.C6H3Cl3O.K.H/c1-13(2)8-10-6-5-7-11(12(10)15)9-14(3)4;7-3-1-5(9)6(10)2-4(3)8;;/h10-11H,5-9H2,1-4H3;1-2,10H;;/q;;+1;-1. The number of hydrogen-bond donors (Lipinski definition) is 1. The summed E-state index contributed by atoms with van der Waals surface area (Å²) in [6.45, 7) is 1.84. The Morgan fingerprint density at radius 2 is 1.38 bits per heavy atom. The van der Waals surface area contributed by atoms with Gasteiger partial charge in [0.25, 0.3) is 0 Å². The molecule has 26 heavy (non-hydrogen) atoms. The zero-order valence-electron chi connectivity index (χ0n) is 17.2. The van der Waals surface area contributed by atoms with Crippen molar-refractivity contribution in [3.8, 4) is 5.75 Å². The molecule has 2 rings (SSSR count). The Balaban J connectivity index is 0. The molecular formula is C18H28Cl3KN2O2. The van der Waals surface area contributed by atoms with E-state index in [1.165, 1.54) is 18.6 Å². The van der Waals surface area contributed by atoms with Gasteiger partial charge in [0.1, 0.15) is 11.5 Å². The maximum Gasteiger partial charge on any atom is 1.00 e. The number of aromatic hydroxyl groups is 1. The number of phenols is 1. The average molecular weight is 450 g/mol. The number of hydrogen-bond acceptors (Lipinski definition) is 4. The van der Waals surface area contributed by atoms with E-state index in [2.05, 4.69) is 9.80 Å². The Hall–Kier alpha value is 1.12. The van der Waals surface area contributed by atoms with Gasteiger partial charge in [0.05, 0.1) is 15.1 Å². The van der Waals surface area contributed by atoms with Gasteiger partial charge < -0.3 is 16.3 Å². The minimum atomic E-state index is -0.0592. The van der Waals surface area contributed by atoms with Crippen LogP contribution in [0.3, 0.4) is 0 Å². The van der Waals surface area contributed by atoms with Crippen LogP contribution in [-0.2, 0) is 4.79 Å². The minimum absolute atomic E-state index is 0. The summed E-state index contributed by atoms with van der Waals surface area (Å²) in [5.41, 5.74) is 0. The summed E-state index contributed by atoms with van der Waals surface area (Å²) in [5, 5.41) is 9.79. The van der Waals surface area contributed by atoms with Gasteiger partial charge in [-0.3, -0.25) is 4.79 Å². The van der Waals surface area contributed by atoms with Crippen LogP contribution in [0.4, 0.5) is 0 Å². The number of Topliss-reactive ketones (excluding diaryl/α,β-unsaturated/α-hetero) is 1. The summed E-state index contributed by atoms with van der Waals surface area (Å²) in [7, 11) is 8.18. The number of rotatable bonds is 4. The molecular weight excluding hydrogens is 422 g/mol. The first-order valence-corrected chi connectivity index (χ1v) is 9.41. The second kappa shape index (κ2) is 13.4. The number of benzene rings is 1. The van der Waals surface area contributed by atoms with Gasteiger partial charge in [0.2, 0.25) is 0 Å². The van der Waals surface area contributed by atoms with E-state index in [9.17, 15) is 4.79 Å². The summed E-state index contributed by atoms with van der Waals surface area (Å²) >= 11 is 16.6. The zero-order chi connectivity index (χ0) is 19.1. The molecule has 4 nitrogen and oxygen atoms in total. The quantitative estimate of drug-likeness (QED) is 0.560. The fraction of sp³-hybridized carbons (Fsp3) is 0.611. The minimum Gasteiger partial charge on any atom is -1.00 e. The van der Waals surface area contributed by atoms with Crippen LogP contribution in [0, 0.1) is 11.8 Å². The molecule has 2 unspecified atom stereocenters. The normalized spacial score (nSPS) is 19.8. The summed E-state index contributed by atoms with van der Waals surface area (Å²) in [6.07, 6.45) is 3.38. The maximum absolute atomic E-state index is 12.1. The molecule has 1 fully saturated rings. The van der Waals surface area contributed by atoms with E-state index in [0.29, 0.717) is 15.8 Å². The molecule has 1 saturated carbocycles. The fourth-order valence-corrected chi connectivity index (χ4v) is 3.53. The topological polar surface area (TPSA) is 43.8 Å². The smallest absolute Gasteiger partial charge is 1.00 e. The van der Waals surface area contributed by atoms with Crippen molar-refractivity contribution in [3.05, 3.63) is 27.2 Å². The van der Waals surface area contributed by atoms with Crippen molar-refractivity contribution in [3.63, 3.8) is 0 Å². The van der Waals surface area contributed by atoms with Crippen molar-refractivity contribution in [2.45, 2.75) is 19.3 Å². The summed E-state index contributed by atoms with van der Waals surface area (Å²) in [4.78, 5) is 16.4. The first kappa shape index (κ1) is 27.1. The fourth-order valence-electron chi connectivity index (χ4n) is 2.98. The van der Waals surface area contributed by atoms with E-state index < -0.39 is 0 Å². The molecule has 1 aliphatic rings. The third kappa shape index (κ3) is 9.55. The van der Waals surface area contributed by atoms with Gasteiger partial charge in [-0.25, -0.2) is 0 Å². The second-order valence-electron chi connectivity index (χ2n) is 6.97. The molecule has 0 radical (unpaired) electrons. The van der Waals surface area contributed by atoms with E-state index >= 15 is 0 Å². The number of phenolic OH excluding ortho intramolecular Hbond substituents is 1. The summed E-state index contributed by atoms with van der Waals surface area (Å²) < 4.78 is 0. The third-order valence-corrected chi connectivity index (χ3v) is 5.10. The Morgan fingerprint density at radius 1 is 0.962 bits per heavy atom. The number of halogens is 3. The van der Waals surface area contributed by atoms with Gasteiger partial charge in [-0.1, -0.05) is 41.2 Å². The van der Waals surface area contributed by atoms with Crippen molar-refractivity contribution in [2.24, 2.45) is 11.8 Å². The van der Waals surface area contributed by atoms with E-state index in [4.69, 9.17) is 39.9 Å². The predicted octanol–water partition coefficient (Wildman–Crippen LogP) is 1.56. The monoisotopic (exact) mass is 448 g/mol. The zero-order valence-corrected chi connectivity index (χ0v) is 21.6. The van der Waals surface area contributed by atoms with Crippen LogP contribution in [0.2, 0.25) is 15.1 Å². The van der Waals surface area contributed by atoms with E-state index in [1.54, 1.807) is 0 Å². The van der Waals surface area contributed by atoms with Gasteiger partial charge in [0, 0.05) is 31.0 Å². The van der Waals surface area contributed by atoms with Crippen LogP contribution in [0.25, 0.3) is 0 Å². The van der Waals surface area contributed by atoms with Crippen molar-refractivity contribution >= 4 is 40.6 Å². The molecule has 1 N–H and O–H groups in total. The first-order valence-electron chi connectivity index (χ1n) is 8.28. The van der Waals surface area contributed by atoms with Crippen LogP contribution in [-0.4, -0.2) is 62.0 Å². The largest absolute Gasteiger partial charge is 1.00 e. The molecule has 0 heterocycles. The van der Waals surface area contributed by atoms with Gasteiger partial charge in [-0.05, 0) is 47.1 Å². The van der Waals surface area contributed by atoms with Gasteiger partial charge in [-0.2, -0.15) is 0 Å². The molecule has 0 spiro atoms. The van der Waals surface area contributed by atoms with Crippen LogP contribution in [0.1, 0.15) is 20.7 Å². The van der Waals surface area contributed by atoms with Crippen molar-refractivity contribution in [1.29, 1.82) is 0 Å². The van der Waals surface area contributed by atoms with E-state index in [-0.39, 0.29) is 75.4 Å².